The Morgan fingerprint density at radius 2 is 2.25 bits per heavy atom. The van der Waals surface area contributed by atoms with Crippen LogP contribution >= 0.6 is 0 Å². The first-order valence-corrected chi connectivity index (χ1v) is 7.06. The molecular formula is C15H21FN2O2. The van der Waals surface area contributed by atoms with Gasteiger partial charge in [-0.25, -0.2) is 4.39 Å². The number of amides is 1. The minimum Gasteiger partial charge on any atom is -0.481 e. The molecule has 2 rings (SSSR count). The Kier molecular flexibility index (Phi) is 4.95. The topological polar surface area (TPSA) is 50.4 Å². The maximum atomic E-state index is 13.3. The summed E-state index contributed by atoms with van der Waals surface area (Å²) in [6.07, 6.45) is 1.74. The molecule has 1 aliphatic rings. The molecule has 0 aromatic heterocycles. The number of benzene rings is 1. The first-order chi connectivity index (χ1) is 9.60. The van der Waals surface area contributed by atoms with E-state index in [1.54, 1.807) is 13.0 Å². The number of nitrogens with one attached hydrogen (secondary N) is 2. The molecule has 0 aliphatic heterocycles. The van der Waals surface area contributed by atoms with Crippen molar-refractivity contribution in [1.82, 2.24) is 10.6 Å². The molecule has 0 saturated heterocycles. The van der Waals surface area contributed by atoms with Crippen LogP contribution in [0.25, 0.3) is 0 Å². The van der Waals surface area contributed by atoms with E-state index in [4.69, 9.17) is 4.74 Å². The molecule has 0 bridgehead atoms. The first kappa shape index (κ1) is 14.8. The Balaban J connectivity index is 2.02. The van der Waals surface area contributed by atoms with Crippen LogP contribution in [0.1, 0.15) is 32.3 Å². The summed E-state index contributed by atoms with van der Waals surface area (Å²) in [6.45, 7) is 4.66. The van der Waals surface area contributed by atoms with Gasteiger partial charge in [0.15, 0.2) is 6.10 Å². The van der Waals surface area contributed by atoms with E-state index < -0.39 is 6.10 Å². The van der Waals surface area contributed by atoms with Crippen LogP contribution in [0.4, 0.5) is 4.39 Å². The maximum Gasteiger partial charge on any atom is 0.260 e. The fraction of sp³-hybridized carbons (Fsp3) is 0.533. The molecule has 1 aromatic rings. The average molecular weight is 280 g/mol. The summed E-state index contributed by atoms with van der Waals surface area (Å²) in [6, 6.07) is 4.91. The highest BCUT2D eigenvalue weighted by Crippen LogP contribution is 2.24. The SMILES string of the molecule is CCNC(=O)C(C)Oc1ccc(F)cc1CNC1CC1. The van der Waals surface area contributed by atoms with Gasteiger partial charge in [0.1, 0.15) is 11.6 Å². The van der Waals surface area contributed by atoms with Gasteiger partial charge in [-0.05, 0) is 44.9 Å². The Bertz CT molecular complexity index is 475. The van der Waals surface area contributed by atoms with Crippen molar-refractivity contribution in [2.24, 2.45) is 0 Å². The van der Waals surface area contributed by atoms with Gasteiger partial charge < -0.3 is 15.4 Å². The van der Waals surface area contributed by atoms with E-state index >= 15 is 0 Å². The zero-order chi connectivity index (χ0) is 14.5. The van der Waals surface area contributed by atoms with Crippen molar-refractivity contribution >= 4 is 5.91 Å². The van der Waals surface area contributed by atoms with Crippen molar-refractivity contribution in [3.63, 3.8) is 0 Å². The normalized spacial score (nSPS) is 15.8. The number of ether oxygens (including phenoxy) is 1. The van der Waals surface area contributed by atoms with Gasteiger partial charge in [-0.2, -0.15) is 0 Å². The summed E-state index contributed by atoms with van der Waals surface area (Å²) in [5.41, 5.74) is 0.744. The van der Waals surface area contributed by atoms with Gasteiger partial charge in [-0.15, -0.1) is 0 Å². The van der Waals surface area contributed by atoms with Crippen LogP contribution in [0.3, 0.4) is 0 Å². The Morgan fingerprint density at radius 1 is 1.50 bits per heavy atom. The van der Waals surface area contributed by atoms with Crippen molar-refractivity contribution in [3.8, 4) is 5.75 Å². The third kappa shape index (κ3) is 4.20. The molecule has 1 amide bonds. The number of hydrogen-bond donors (Lipinski definition) is 2. The zero-order valence-corrected chi connectivity index (χ0v) is 11.9. The third-order valence-electron chi connectivity index (χ3n) is 3.21. The quantitative estimate of drug-likeness (QED) is 0.803. The molecule has 4 nitrogen and oxygen atoms in total. The zero-order valence-electron chi connectivity index (χ0n) is 11.9. The lowest BCUT2D eigenvalue weighted by molar-refractivity contribution is -0.127. The van der Waals surface area contributed by atoms with E-state index in [1.165, 1.54) is 25.0 Å². The van der Waals surface area contributed by atoms with Crippen molar-refractivity contribution < 1.29 is 13.9 Å². The maximum absolute atomic E-state index is 13.3. The molecule has 110 valence electrons. The smallest absolute Gasteiger partial charge is 0.260 e. The lowest BCUT2D eigenvalue weighted by Crippen LogP contribution is -2.36. The van der Waals surface area contributed by atoms with Crippen LogP contribution in [0.5, 0.6) is 5.75 Å². The van der Waals surface area contributed by atoms with Crippen molar-refractivity contribution in [1.29, 1.82) is 0 Å². The molecular weight excluding hydrogens is 259 g/mol. The van der Waals surface area contributed by atoms with E-state index in [0.29, 0.717) is 24.9 Å². The van der Waals surface area contributed by atoms with E-state index in [9.17, 15) is 9.18 Å². The van der Waals surface area contributed by atoms with Gasteiger partial charge in [0.2, 0.25) is 0 Å². The minimum absolute atomic E-state index is 0.169. The van der Waals surface area contributed by atoms with Gasteiger partial charge in [-0.3, -0.25) is 4.79 Å². The lowest BCUT2D eigenvalue weighted by Gasteiger charge is -2.17. The van der Waals surface area contributed by atoms with E-state index in [-0.39, 0.29) is 11.7 Å². The van der Waals surface area contributed by atoms with Crippen LogP contribution in [0.15, 0.2) is 18.2 Å². The molecule has 0 heterocycles. The molecule has 0 radical (unpaired) electrons. The monoisotopic (exact) mass is 280 g/mol. The minimum atomic E-state index is -0.597. The van der Waals surface area contributed by atoms with Gasteiger partial charge in [0, 0.05) is 24.7 Å². The summed E-state index contributed by atoms with van der Waals surface area (Å²) in [5.74, 6) is 0.0897. The number of rotatable bonds is 7. The fourth-order valence-electron chi connectivity index (χ4n) is 1.90. The van der Waals surface area contributed by atoms with Crippen LogP contribution in [-0.4, -0.2) is 24.6 Å². The second-order valence-electron chi connectivity index (χ2n) is 5.06. The summed E-state index contributed by atoms with van der Waals surface area (Å²) < 4.78 is 19.0. The summed E-state index contributed by atoms with van der Waals surface area (Å²) >= 11 is 0. The van der Waals surface area contributed by atoms with Crippen molar-refractivity contribution in [2.75, 3.05) is 6.54 Å². The number of likely N-dealkylation sites (N-methyl/N-ethyl adjacent to an activating group) is 1. The first-order valence-electron chi connectivity index (χ1n) is 7.06. The molecule has 1 saturated carbocycles. The summed E-state index contributed by atoms with van der Waals surface area (Å²) in [4.78, 5) is 11.7. The van der Waals surface area contributed by atoms with Crippen LogP contribution in [-0.2, 0) is 11.3 Å². The number of halogens is 1. The molecule has 1 aromatic carbocycles. The van der Waals surface area contributed by atoms with Crippen LogP contribution in [0.2, 0.25) is 0 Å². The average Bonchev–Trinajstić information content (AvgIpc) is 3.23. The highest BCUT2D eigenvalue weighted by atomic mass is 19.1. The third-order valence-corrected chi connectivity index (χ3v) is 3.21. The predicted molar refractivity (Wildman–Crippen MR) is 75.0 cm³/mol. The van der Waals surface area contributed by atoms with Gasteiger partial charge in [0.25, 0.3) is 5.91 Å². The fourth-order valence-corrected chi connectivity index (χ4v) is 1.90. The molecule has 1 atom stereocenters. The second-order valence-corrected chi connectivity index (χ2v) is 5.06. The largest absolute Gasteiger partial charge is 0.481 e. The Morgan fingerprint density at radius 3 is 2.90 bits per heavy atom. The lowest BCUT2D eigenvalue weighted by atomic mass is 10.2. The van der Waals surface area contributed by atoms with Crippen molar-refractivity contribution in [3.05, 3.63) is 29.6 Å². The molecule has 1 unspecified atom stereocenters. The van der Waals surface area contributed by atoms with Crippen molar-refractivity contribution in [2.45, 2.75) is 45.4 Å². The predicted octanol–water partition coefficient (Wildman–Crippen LogP) is 1.98. The van der Waals surface area contributed by atoms with E-state index in [1.807, 2.05) is 6.92 Å². The van der Waals surface area contributed by atoms with Crippen LogP contribution in [0, 0.1) is 5.82 Å². The highest BCUT2D eigenvalue weighted by molar-refractivity contribution is 5.80. The van der Waals surface area contributed by atoms with Gasteiger partial charge in [0.05, 0.1) is 0 Å². The highest BCUT2D eigenvalue weighted by Gasteiger charge is 2.21. The standard InChI is InChI=1S/C15H21FN2O2/c1-3-17-15(19)10(2)20-14-7-4-12(16)8-11(14)9-18-13-5-6-13/h4,7-8,10,13,18H,3,5-6,9H2,1-2H3,(H,17,19). The Hall–Kier alpha value is -1.62. The number of hydrogen-bond acceptors (Lipinski definition) is 3. The van der Waals surface area contributed by atoms with E-state index in [0.717, 1.165) is 5.56 Å². The number of carbonyl (C=O) groups is 1. The summed E-state index contributed by atoms with van der Waals surface area (Å²) in [7, 11) is 0. The Labute approximate surface area is 118 Å². The molecule has 2 N–H and O–H groups in total. The van der Waals surface area contributed by atoms with E-state index in [2.05, 4.69) is 10.6 Å². The van der Waals surface area contributed by atoms with Gasteiger partial charge >= 0.3 is 0 Å². The van der Waals surface area contributed by atoms with Crippen LogP contribution < -0.4 is 15.4 Å². The molecule has 5 heteroatoms. The molecule has 1 fully saturated rings. The summed E-state index contributed by atoms with van der Waals surface area (Å²) in [5, 5.41) is 6.02. The molecule has 0 spiro atoms. The molecule has 20 heavy (non-hydrogen) atoms. The number of carbonyl (C=O) groups excluding carboxylic acids is 1. The second kappa shape index (κ2) is 6.70. The molecule has 1 aliphatic carbocycles. The van der Waals surface area contributed by atoms with Gasteiger partial charge in [-0.1, -0.05) is 0 Å².